The van der Waals surface area contributed by atoms with E-state index in [0.29, 0.717) is 0 Å². The molecule has 3 heteroatoms. The van der Waals surface area contributed by atoms with Gasteiger partial charge in [-0.25, -0.2) is 0 Å². The van der Waals surface area contributed by atoms with Crippen molar-refractivity contribution in [1.29, 1.82) is 0 Å². The molecule has 0 unspecified atom stereocenters. The SMILES string of the molecule is CCCCO[Si](OCCCC)c1ccccc1. The van der Waals surface area contributed by atoms with Gasteiger partial charge in [-0.15, -0.1) is 0 Å². The molecule has 2 nitrogen and oxygen atoms in total. The molecule has 95 valence electrons. The van der Waals surface area contributed by atoms with E-state index < -0.39 is 9.28 Å². The lowest BCUT2D eigenvalue weighted by molar-refractivity contribution is 0.202. The topological polar surface area (TPSA) is 18.5 Å². The van der Waals surface area contributed by atoms with Gasteiger partial charge in [0, 0.05) is 13.2 Å². The van der Waals surface area contributed by atoms with E-state index in [0.717, 1.165) is 26.1 Å². The van der Waals surface area contributed by atoms with Gasteiger partial charge < -0.3 is 8.85 Å². The highest BCUT2D eigenvalue weighted by atomic mass is 28.3. The van der Waals surface area contributed by atoms with E-state index in [9.17, 15) is 0 Å². The first kappa shape index (κ1) is 14.4. The smallest absolute Gasteiger partial charge is 0.390 e. The summed E-state index contributed by atoms with van der Waals surface area (Å²) in [5, 5.41) is 1.21. The van der Waals surface area contributed by atoms with Crippen molar-refractivity contribution < 1.29 is 8.85 Å². The second-order valence-corrected chi connectivity index (χ2v) is 5.79. The average Bonchev–Trinajstić information content (AvgIpc) is 2.38. The Labute approximate surface area is 107 Å². The van der Waals surface area contributed by atoms with Crippen molar-refractivity contribution in [3.63, 3.8) is 0 Å². The summed E-state index contributed by atoms with van der Waals surface area (Å²) in [6.07, 6.45) is 4.55. The summed E-state index contributed by atoms with van der Waals surface area (Å²) < 4.78 is 11.8. The fourth-order valence-corrected chi connectivity index (χ4v) is 2.94. The number of hydrogen-bond donors (Lipinski definition) is 0. The summed E-state index contributed by atoms with van der Waals surface area (Å²) in [6, 6.07) is 10.3. The minimum absolute atomic E-state index is 0.811. The normalized spacial score (nSPS) is 11.0. The van der Waals surface area contributed by atoms with Crippen LogP contribution in [0.4, 0.5) is 0 Å². The Balaban J connectivity index is 2.46. The number of unbranched alkanes of at least 4 members (excludes halogenated alkanes) is 2. The third-order valence-electron chi connectivity index (χ3n) is 2.47. The molecule has 0 aliphatic carbocycles. The quantitative estimate of drug-likeness (QED) is 0.496. The third-order valence-corrected chi connectivity index (χ3v) is 4.21. The summed E-state index contributed by atoms with van der Waals surface area (Å²) in [7, 11) is -1.27. The molecule has 0 amide bonds. The molecule has 0 saturated heterocycles. The molecule has 1 aromatic carbocycles. The Hall–Kier alpha value is -0.643. The van der Waals surface area contributed by atoms with E-state index in [1.807, 2.05) is 18.2 Å². The first-order chi connectivity index (χ1) is 8.38. The van der Waals surface area contributed by atoms with Gasteiger partial charge in [-0.2, -0.15) is 0 Å². The molecule has 0 spiro atoms. The average molecular weight is 251 g/mol. The Morgan fingerprint density at radius 3 is 1.88 bits per heavy atom. The van der Waals surface area contributed by atoms with Crippen LogP contribution < -0.4 is 5.19 Å². The molecule has 0 aliphatic heterocycles. The number of hydrogen-bond acceptors (Lipinski definition) is 2. The maximum atomic E-state index is 5.89. The minimum atomic E-state index is -1.27. The standard InChI is InChI=1S/C14H23O2Si/c1-3-5-12-15-17(16-13-6-4-2)14-10-8-7-9-11-14/h7-11H,3-6,12-13H2,1-2H3. The maximum Gasteiger partial charge on any atom is 0.423 e. The molecule has 0 fully saturated rings. The van der Waals surface area contributed by atoms with Crippen LogP contribution in [0.3, 0.4) is 0 Å². The van der Waals surface area contributed by atoms with Crippen LogP contribution in [-0.2, 0) is 8.85 Å². The fourth-order valence-electron chi connectivity index (χ4n) is 1.40. The van der Waals surface area contributed by atoms with E-state index in [-0.39, 0.29) is 0 Å². The van der Waals surface area contributed by atoms with E-state index in [1.54, 1.807) is 0 Å². The molecule has 0 aromatic heterocycles. The lowest BCUT2D eigenvalue weighted by Gasteiger charge is -2.15. The molecule has 0 aliphatic rings. The second-order valence-electron chi connectivity index (χ2n) is 4.06. The molecular weight excluding hydrogens is 228 g/mol. The Morgan fingerprint density at radius 2 is 1.41 bits per heavy atom. The van der Waals surface area contributed by atoms with Crippen molar-refractivity contribution in [3.8, 4) is 0 Å². The lowest BCUT2D eigenvalue weighted by atomic mass is 10.4. The van der Waals surface area contributed by atoms with E-state index in [4.69, 9.17) is 8.85 Å². The largest absolute Gasteiger partial charge is 0.423 e. The van der Waals surface area contributed by atoms with Gasteiger partial charge >= 0.3 is 9.28 Å². The first-order valence-electron chi connectivity index (χ1n) is 6.56. The van der Waals surface area contributed by atoms with Crippen LogP contribution in [0, 0.1) is 0 Å². The van der Waals surface area contributed by atoms with Gasteiger partial charge in [0.15, 0.2) is 0 Å². The molecule has 0 N–H and O–H groups in total. The highest BCUT2D eigenvalue weighted by molar-refractivity contribution is 6.61. The van der Waals surface area contributed by atoms with Crippen LogP contribution in [0.1, 0.15) is 39.5 Å². The zero-order valence-corrected chi connectivity index (χ0v) is 11.9. The van der Waals surface area contributed by atoms with Crippen molar-refractivity contribution in [2.45, 2.75) is 39.5 Å². The van der Waals surface area contributed by atoms with Crippen LogP contribution in [0.5, 0.6) is 0 Å². The third kappa shape index (κ3) is 6.01. The van der Waals surface area contributed by atoms with Gasteiger partial charge in [0.1, 0.15) is 0 Å². The molecule has 17 heavy (non-hydrogen) atoms. The van der Waals surface area contributed by atoms with E-state index in [1.165, 1.54) is 18.0 Å². The number of rotatable bonds is 9. The van der Waals surface area contributed by atoms with Crippen LogP contribution in [0.15, 0.2) is 30.3 Å². The van der Waals surface area contributed by atoms with Gasteiger partial charge in [-0.3, -0.25) is 0 Å². The van der Waals surface area contributed by atoms with Crippen molar-refractivity contribution in [2.24, 2.45) is 0 Å². The first-order valence-corrected chi connectivity index (χ1v) is 7.88. The molecule has 0 atom stereocenters. The Morgan fingerprint density at radius 1 is 0.882 bits per heavy atom. The monoisotopic (exact) mass is 251 g/mol. The second kappa shape index (κ2) is 9.39. The molecule has 1 radical (unpaired) electrons. The van der Waals surface area contributed by atoms with E-state index >= 15 is 0 Å². The molecular formula is C14H23O2Si. The van der Waals surface area contributed by atoms with Crippen LogP contribution in [0.25, 0.3) is 0 Å². The maximum absolute atomic E-state index is 5.89. The van der Waals surface area contributed by atoms with Gasteiger partial charge in [0.05, 0.1) is 0 Å². The zero-order valence-electron chi connectivity index (χ0n) is 10.9. The van der Waals surface area contributed by atoms with E-state index in [2.05, 4.69) is 26.0 Å². The van der Waals surface area contributed by atoms with Crippen LogP contribution >= 0.6 is 0 Å². The number of benzene rings is 1. The zero-order chi connectivity index (χ0) is 12.3. The summed E-state index contributed by atoms with van der Waals surface area (Å²) in [4.78, 5) is 0. The van der Waals surface area contributed by atoms with Crippen molar-refractivity contribution >= 4 is 14.5 Å². The van der Waals surface area contributed by atoms with Crippen LogP contribution in [0.2, 0.25) is 0 Å². The molecule has 1 rings (SSSR count). The summed E-state index contributed by atoms with van der Waals surface area (Å²) in [5.74, 6) is 0. The summed E-state index contributed by atoms with van der Waals surface area (Å²) in [5.41, 5.74) is 0. The predicted molar refractivity (Wildman–Crippen MR) is 73.6 cm³/mol. The Bertz CT molecular complexity index is 267. The van der Waals surface area contributed by atoms with Gasteiger partial charge in [0.2, 0.25) is 0 Å². The highest BCUT2D eigenvalue weighted by Gasteiger charge is 2.18. The van der Waals surface area contributed by atoms with Crippen LogP contribution in [-0.4, -0.2) is 22.5 Å². The van der Waals surface area contributed by atoms with Gasteiger partial charge in [-0.05, 0) is 18.0 Å². The Kier molecular flexibility index (Phi) is 7.97. The predicted octanol–water partition coefficient (Wildman–Crippen LogP) is 3.02. The highest BCUT2D eigenvalue weighted by Crippen LogP contribution is 1.98. The molecule has 0 bridgehead atoms. The molecule has 1 aromatic rings. The van der Waals surface area contributed by atoms with Crippen molar-refractivity contribution in [3.05, 3.63) is 30.3 Å². The lowest BCUT2D eigenvalue weighted by Crippen LogP contribution is -2.37. The van der Waals surface area contributed by atoms with Gasteiger partial charge in [-0.1, -0.05) is 57.0 Å². The minimum Gasteiger partial charge on any atom is -0.390 e. The molecule has 0 heterocycles. The van der Waals surface area contributed by atoms with Crippen molar-refractivity contribution in [1.82, 2.24) is 0 Å². The van der Waals surface area contributed by atoms with Crippen molar-refractivity contribution in [2.75, 3.05) is 13.2 Å². The fraction of sp³-hybridized carbons (Fsp3) is 0.571. The molecule has 0 saturated carbocycles. The summed E-state index contributed by atoms with van der Waals surface area (Å²) >= 11 is 0. The van der Waals surface area contributed by atoms with Gasteiger partial charge in [0.25, 0.3) is 0 Å². The summed E-state index contributed by atoms with van der Waals surface area (Å²) in [6.45, 7) is 5.98.